The number of benzene rings is 1. The number of carbonyl (C=O) groups is 2. The number of esters is 1. The van der Waals surface area contributed by atoms with Crippen LogP contribution in [-0.2, 0) is 14.3 Å². The molecule has 0 aliphatic carbocycles. The molecule has 1 unspecified atom stereocenters. The van der Waals surface area contributed by atoms with Gasteiger partial charge < -0.3 is 9.84 Å². The number of hydrogen-bond acceptors (Lipinski definition) is 6. The van der Waals surface area contributed by atoms with Gasteiger partial charge in [-0.1, -0.05) is 45.3 Å². The van der Waals surface area contributed by atoms with Gasteiger partial charge >= 0.3 is 11.9 Å². The Balaban J connectivity index is 2.24. The molecular weight excluding hydrogens is 350 g/mol. The fourth-order valence-electron chi connectivity index (χ4n) is 1.82. The smallest absolute Gasteiger partial charge is 0.320 e. The van der Waals surface area contributed by atoms with Crippen molar-refractivity contribution in [3.8, 4) is 0 Å². The molecule has 130 valence electrons. The Kier molecular flexibility index (Phi) is 9.83. The lowest BCUT2D eigenvalue weighted by molar-refractivity contribution is -0.158. The molecule has 0 aliphatic heterocycles. The number of hydrogen-bond donors (Lipinski definition) is 1. The zero-order valence-electron chi connectivity index (χ0n) is 13.3. The first-order valence-electron chi connectivity index (χ1n) is 7.42. The molecule has 0 aromatic heterocycles. The van der Waals surface area contributed by atoms with Crippen molar-refractivity contribution < 1.29 is 19.4 Å². The molecule has 1 atom stereocenters. The Labute approximate surface area is 148 Å². The largest absolute Gasteiger partial charge is 0.481 e. The Morgan fingerprint density at radius 3 is 2.62 bits per heavy atom. The predicted molar refractivity (Wildman–Crippen MR) is 95.2 cm³/mol. The highest BCUT2D eigenvalue weighted by Gasteiger charge is 2.26. The van der Waals surface area contributed by atoms with Gasteiger partial charge in [0.25, 0.3) is 0 Å². The maximum atomic E-state index is 11.5. The molecule has 0 aliphatic rings. The molecule has 1 N–H and O–H groups in total. The normalized spacial score (nSPS) is 11.4. The van der Waals surface area contributed by atoms with Gasteiger partial charge in [-0.25, -0.2) is 0 Å². The Morgan fingerprint density at radius 2 is 2.04 bits per heavy atom. The SMILES string of the molecule is CCOC(=O)C(CCCCSSc1ccc(N=[N+]=[N-])cc1)C(=O)O. The molecule has 0 saturated heterocycles. The second kappa shape index (κ2) is 11.7. The lowest BCUT2D eigenvalue weighted by Gasteiger charge is -2.10. The van der Waals surface area contributed by atoms with Crippen LogP contribution in [-0.4, -0.2) is 29.4 Å². The minimum atomic E-state index is -1.13. The summed E-state index contributed by atoms with van der Waals surface area (Å²) in [6.45, 7) is 1.84. The van der Waals surface area contributed by atoms with Gasteiger partial charge in [-0.2, -0.15) is 0 Å². The zero-order valence-corrected chi connectivity index (χ0v) is 14.9. The van der Waals surface area contributed by atoms with Gasteiger partial charge in [-0.15, -0.1) is 0 Å². The summed E-state index contributed by atoms with van der Waals surface area (Å²) in [6.07, 6.45) is 1.76. The van der Waals surface area contributed by atoms with Crippen LogP contribution >= 0.6 is 21.6 Å². The number of carbonyl (C=O) groups excluding carboxylic acids is 1. The summed E-state index contributed by atoms with van der Waals surface area (Å²) >= 11 is 0. The average Bonchev–Trinajstić information content (AvgIpc) is 2.55. The molecule has 0 amide bonds. The molecular formula is C15H19N3O4S2. The number of aliphatic carboxylic acids is 1. The van der Waals surface area contributed by atoms with Crippen molar-refractivity contribution in [1.29, 1.82) is 0 Å². The molecule has 0 spiro atoms. The van der Waals surface area contributed by atoms with E-state index < -0.39 is 17.9 Å². The van der Waals surface area contributed by atoms with Gasteiger partial charge in [-0.3, -0.25) is 9.59 Å². The molecule has 1 aromatic rings. The number of ether oxygens (including phenoxy) is 1. The van der Waals surface area contributed by atoms with Crippen LogP contribution in [0.2, 0.25) is 0 Å². The van der Waals surface area contributed by atoms with Crippen molar-refractivity contribution in [1.82, 2.24) is 0 Å². The van der Waals surface area contributed by atoms with Crippen molar-refractivity contribution in [2.45, 2.75) is 31.1 Å². The van der Waals surface area contributed by atoms with E-state index in [1.54, 1.807) is 40.6 Å². The van der Waals surface area contributed by atoms with E-state index in [-0.39, 0.29) is 6.61 Å². The van der Waals surface area contributed by atoms with Gasteiger partial charge in [0.15, 0.2) is 5.92 Å². The number of carboxylic acids is 1. The highest BCUT2D eigenvalue weighted by atomic mass is 33.1. The predicted octanol–water partition coefficient (Wildman–Crippen LogP) is 4.80. The van der Waals surface area contributed by atoms with E-state index in [0.717, 1.165) is 17.1 Å². The third-order valence-corrected chi connectivity index (χ3v) is 5.46. The van der Waals surface area contributed by atoms with Gasteiger partial charge in [0.1, 0.15) is 0 Å². The van der Waals surface area contributed by atoms with Crippen LogP contribution in [0.4, 0.5) is 5.69 Å². The van der Waals surface area contributed by atoms with Crippen LogP contribution in [0.15, 0.2) is 34.3 Å². The monoisotopic (exact) mass is 369 g/mol. The molecule has 1 aromatic carbocycles. The second-order valence-corrected chi connectivity index (χ2v) is 7.22. The Morgan fingerprint density at radius 1 is 1.33 bits per heavy atom. The van der Waals surface area contributed by atoms with E-state index in [1.165, 1.54) is 0 Å². The van der Waals surface area contributed by atoms with Gasteiger partial charge in [0, 0.05) is 21.2 Å². The van der Waals surface area contributed by atoms with E-state index in [9.17, 15) is 9.59 Å². The van der Waals surface area contributed by atoms with Crippen LogP contribution < -0.4 is 0 Å². The number of rotatable bonds is 11. The minimum absolute atomic E-state index is 0.188. The van der Waals surface area contributed by atoms with Gasteiger partial charge in [0.05, 0.1) is 6.61 Å². The molecule has 24 heavy (non-hydrogen) atoms. The molecule has 9 heteroatoms. The summed E-state index contributed by atoms with van der Waals surface area (Å²) in [5, 5.41) is 12.5. The van der Waals surface area contributed by atoms with Crippen molar-refractivity contribution in [3.63, 3.8) is 0 Å². The maximum Gasteiger partial charge on any atom is 0.320 e. The van der Waals surface area contributed by atoms with Crippen LogP contribution in [0.25, 0.3) is 10.4 Å². The second-order valence-electron chi connectivity index (χ2n) is 4.73. The fraction of sp³-hybridized carbons (Fsp3) is 0.467. The first-order chi connectivity index (χ1) is 11.6. The summed E-state index contributed by atoms with van der Waals surface area (Å²) in [5.41, 5.74) is 8.91. The van der Waals surface area contributed by atoms with Crippen LogP contribution in [0.3, 0.4) is 0 Å². The van der Waals surface area contributed by atoms with E-state index in [0.29, 0.717) is 18.5 Å². The number of nitrogens with zero attached hydrogens (tertiary/aromatic N) is 3. The van der Waals surface area contributed by atoms with E-state index in [4.69, 9.17) is 15.4 Å². The molecule has 7 nitrogen and oxygen atoms in total. The fourth-order valence-corrected chi connectivity index (χ4v) is 3.96. The topological polar surface area (TPSA) is 112 Å². The lowest BCUT2D eigenvalue weighted by atomic mass is 10.0. The van der Waals surface area contributed by atoms with E-state index in [2.05, 4.69) is 10.0 Å². The third-order valence-electron chi connectivity index (χ3n) is 2.99. The molecule has 0 fully saturated rings. The summed E-state index contributed by atoms with van der Waals surface area (Å²) in [4.78, 5) is 26.3. The summed E-state index contributed by atoms with van der Waals surface area (Å²) in [5.74, 6) is -2.02. The zero-order chi connectivity index (χ0) is 17.8. The first-order valence-corrected chi connectivity index (χ1v) is 9.74. The quantitative estimate of drug-likeness (QED) is 0.114. The third kappa shape index (κ3) is 7.63. The summed E-state index contributed by atoms with van der Waals surface area (Å²) in [7, 11) is 3.25. The molecule has 0 saturated carbocycles. The summed E-state index contributed by atoms with van der Waals surface area (Å²) < 4.78 is 4.77. The maximum absolute atomic E-state index is 11.5. The standard InChI is InChI=1S/C15H19N3O4S2/c1-2-22-15(21)13(14(19)20)5-3-4-10-23-24-12-8-6-11(7-9-12)17-18-16/h6-9,13H,2-5,10H2,1H3,(H,19,20). The lowest BCUT2D eigenvalue weighted by Crippen LogP contribution is -2.25. The van der Waals surface area contributed by atoms with E-state index in [1.807, 2.05) is 12.1 Å². The van der Waals surface area contributed by atoms with Crippen molar-refractivity contribution in [2.24, 2.45) is 11.0 Å². The van der Waals surface area contributed by atoms with Crippen LogP contribution in [0, 0.1) is 5.92 Å². The van der Waals surface area contributed by atoms with Gasteiger partial charge in [-0.05, 0) is 37.4 Å². The molecule has 0 radical (unpaired) electrons. The Bertz CT molecular complexity index is 589. The van der Waals surface area contributed by atoms with E-state index >= 15 is 0 Å². The first kappa shape index (κ1) is 20.2. The number of azide groups is 1. The molecule has 0 heterocycles. The van der Waals surface area contributed by atoms with Crippen molar-refractivity contribution in [3.05, 3.63) is 34.7 Å². The minimum Gasteiger partial charge on any atom is -0.481 e. The highest BCUT2D eigenvalue weighted by Crippen LogP contribution is 2.33. The molecule has 1 rings (SSSR count). The van der Waals surface area contributed by atoms with Gasteiger partial charge in [0.2, 0.25) is 0 Å². The highest BCUT2D eigenvalue weighted by molar-refractivity contribution is 8.76. The molecule has 0 bridgehead atoms. The Hall–Kier alpha value is -1.83. The van der Waals surface area contributed by atoms with Crippen molar-refractivity contribution >= 4 is 39.2 Å². The van der Waals surface area contributed by atoms with Crippen molar-refractivity contribution in [2.75, 3.05) is 12.4 Å². The average molecular weight is 369 g/mol. The summed E-state index contributed by atoms with van der Waals surface area (Å²) in [6, 6.07) is 7.25. The number of unbranched alkanes of at least 4 members (excludes halogenated alkanes) is 1. The number of carboxylic acid groups (broad SMARTS) is 1. The van der Waals surface area contributed by atoms with Crippen LogP contribution in [0.1, 0.15) is 26.2 Å². The van der Waals surface area contributed by atoms with Crippen LogP contribution in [0.5, 0.6) is 0 Å².